The van der Waals surface area contributed by atoms with E-state index >= 15 is 0 Å². The second-order valence-electron chi connectivity index (χ2n) is 6.18. The second kappa shape index (κ2) is 6.08. The van der Waals surface area contributed by atoms with E-state index in [1.807, 2.05) is 18.2 Å². The number of rotatable bonds is 3. The average molecular weight is 266 g/mol. The van der Waals surface area contributed by atoms with Crippen molar-refractivity contribution in [3.05, 3.63) is 34.9 Å². The summed E-state index contributed by atoms with van der Waals surface area (Å²) >= 11 is 6.02. The van der Waals surface area contributed by atoms with Gasteiger partial charge >= 0.3 is 0 Å². The lowest BCUT2D eigenvalue weighted by molar-refractivity contribution is 0.192. The SMILES string of the molecule is CC1CC(C)CC(C(N)Cc2cccc(Cl)c2)C1. The first-order chi connectivity index (χ1) is 8.54. The van der Waals surface area contributed by atoms with E-state index in [-0.39, 0.29) is 6.04 Å². The standard InChI is InChI=1S/C16H24ClN/c1-11-6-12(2)8-14(7-11)16(18)10-13-4-3-5-15(17)9-13/h3-5,9,11-12,14,16H,6-8,10,18H2,1-2H3. The van der Waals surface area contributed by atoms with Crippen LogP contribution in [0.25, 0.3) is 0 Å². The molecule has 100 valence electrons. The summed E-state index contributed by atoms with van der Waals surface area (Å²) in [5.74, 6) is 2.32. The molecule has 2 heteroatoms. The maximum atomic E-state index is 6.41. The molecule has 3 atom stereocenters. The highest BCUT2D eigenvalue weighted by Gasteiger charge is 2.28. The van der Waals surface area contributed by atoms with Gasteiger partial charge in [-0.1, -0.05) is 37.6 Å². The Morgan fingerprint density at radius 3 is 2.50 bits per heavy atom. The van der Waals surface area contributed by atoms with E-state index in [4.69, 9.17) is 17.3 Å². The molecule has 1 nitrogen and oxygen atoms in total. The highest BCUT2D eigenvalue weighted by molar-refractivity contribution is 6.30. The third-order valence-electron chi connectivity index (χ3n) is 4.18. The molecule has 0 radical (unpaired) electrons. The zero-order valence-electron chi connectivity index (χ0n) is 11.4. The first-order valence-corrected chi connectivity index (χ1v) is 7.42. The number of nitrogens with two attached hydrogens (primary N) is 1. The van der Waals surface area contributed by atoms with Crippen molar-refractivity contribution in [3.8, 4) is 0 Å². The number of hydrogen-bond donors (Lipinski definition) is 1. The van der Waals surface area contributed by atoms with Crippen LogP contribution in [0.5, 0.6) is 0 Å². The first-order valence-electron chi connectivity index (χ1n) is 7.04. The summed E-state index contributed by atoms with van der Waals surface area (Å²) in [6, 6.07) is 8.37. The lowest BCUT2D eigenvalue weighted by Crippen LogP contribution is -2.37. The molecule has 1 aromatic rings. The fourth-order valence-corrected chi connectivity index (χ4v) is 3.67. The van der Waals surface area contributed by atoms with Crippen molar-refractivity contribution < 1.29 is 0 Å². The van der Waals surface area contributed by atoms with Crippen LogP contribution in [0.2, 0.25) is 5.02 Å². The van der Waals surface area contributed by atoms with Gasteiger partial charge in [-0.15, -0.1) is 0 Å². The van der Waals surface area contributed by atoms with Crippen LogP contribution in [0.4, 0.5) is 0 Å². The van der Waals surface area contributed by atoms with Gasteiger partial charge in [-0.05, 0) is 61.1 Å². The fourth-order valence-electron chi connectivity index (χ4n) is 3.46. The van der Waals surface area contributed by atoms with E-state index in [9.17, 15) is 0 Å². The van der Waals surface area contributed by atoms with Crippen LogP contribution in [-0.2, 0) is 6.42 Å². The van der Waals surface area contributed by atoms with Crippen molar-refractivity contribution in [2.24, 2.45) is 23.5 Å². The average Bonchev–Trinajstić information content (AvgIpc) is 2.27. The summed E-state index contributed by atoms with van der Waals surface area (Å²) in [4.78, 5) is 0. The molecule has 3 unspecified atom stereocenters. The van der Waals surface area contributed by atoms with Crippen LogP contribution >= 0.6 is 11.6 Å². The normalized spacial score (nSPS) is 30.1. The van der Waals surface area contributed by atoms with Gasteiger partial charge < -0.3 is 5.73 Å². The summed E-state index contributed by atoms with van der Waals surface area (Å²) < 4.78 is 0. The summed E-state index contributed by atoms with van der Waals surface area (Å²) in [6.07, 6.45) is 4.88. The van der Waals surface area contributed by atoms with E-state index in [1.54, 1.807) is 0 Å². The van der Waals surface area contributed by atoms with E-state index in [0.29, 0.717) is 5.92 Å². The predicted molar refractivity (Wildman–Crippen MR) is 78.8 cm³/mol. The van der Waals surface area contributed by atoms with Gasteiger partial charge in [0.25, 0.3) is 0 Å². The lowest BCUT2D eigenvalue weighted by atomic mass is 9.73. The van der Waals surface area contributed by atoms with Crippen LogP contribution in [0.15, 0.2) is 24.3 Å². The Bertz CT molecular complexity index is 380. The van der Waals surface area contributed by atoms with Gasteiger partial charge in [-0.3, -0.25) is 0 Å². The van der Waals surface area contributed by atoms with Gasteiger partial charge in [0, 0.05) is 11.1 Å². The molecule has 1 aliphatic carbocycles. The molecule has 2 N–H and O–H groups in total. The summed E-state index contributed by atoms with van der Waals surface area (Å²) in [5.41, 5.74) is 7.68. The Labute approximate surface area is 116 Å². The third-order valence-corrected chi connectivity index (χ3v) is 4.42. The van der Waals surface area contributed by atoms with Crippen molar-refractivity contribution in [2.45, 2.75) is 45.6 Å². The molecule has 1 aliphatic rings. The summed E-state index contributed by atoms with van der Waals surface area (Å²) in [6.45, 7) is 4.71. The zero-order chi connectivity index (χ0) is 13.1. The lowest BCUT2D eigenvalue weighted by Gasteiger charge is -2.35. The highest BCUT2D eigenvalue weighted by atomic mass is 35.5. The molecule has 18 heavy (non-hydrogen) atoms. The molecule has 2 rings (SSSR count). The maximum absolute atomic E-state index is 6.41. The van der Waals surface area contributed by atoms with Crippen LogP contribution < -0.4 is 5.73 Å². The summed E-state index contributed by atoms with van der Waals surface area (Å²) in [7, 11) is 0. The van der Waals surface area contributed by atoms with Gasteiger partial charge in [-0.2, -0.15) is 0 Å². The first kappa shape index (κ1) is 13.9. The van der Waals surface area contributed by atoms with Crippen molar-refractivity contribution in [1.82, 2.24) is 0 Å². The largest absolute Gasteiger partial charge is 0.327 e. The molecule has 0 spiro atoms. The van der Waals surface area contributed by atoms with Gasteiger partial charge in [0.15, 0.2) is 0 Å². The van der Waals surface area contributed by atoms with Gasteiger partial charge in [0.05, 0.1) is 0 Å². The molecule has 0 saturated heterocycles. The highest BCUT2D eigenvalue weighted by Crippen LogP contribution is 2.34. The predicted octanol–water partition coefficient (Wildman–Crippen LogP) is 4.28. The van der Waals surface area contributed by atoms with Gasteiger partial charge in [-0.25, -0.2) is 0 Å². The molecule has 0 amide bonds. The molecule has 0 bridgehead atoms. The zero-order valence-corrected chi connectivity index (χ0v) is 12.2. The minimum Gasteiger partial charge on any atom is -0.327 e. The van der Waals surface area contributed by atoms with Gasteiger partial charge in [0.1, 0.15) is 0 Å². The van der Waals surface area contributed by atoms with Crippen LogP contribution in [0.1, 0.15) is 38.7 Å². The van der Waals surface area contributed by atoms with Crippen molar-refractivity contribution in [2.75, 3.05) is 0 Å². The van der Waals surface area contributed by atoms with E-state index in [2.05, 4.69) is 19.9 Å². The van der Waals surface area contributed by atoms with Crippen molar-refractivity contribution in [1.29, 1.82) is 0 Å². The second-order valence-corrected chi connectivity index (χ2v) is 6.61. The monoisotopic (exact) mass is 265 g/mol. The molecule has 0 aromatic heterocycles. The van der Waals surface area contributed by atoms with Crippen LogP contribution in [0.3, 0.4) is 0 Å². The molecule has 1 fully saturated rings. The van der Waals surface area contributed by atoms with E-state index < -0.39 is 0 Å². The number of benzene rings is 1. The quantitative estimate of drug-likeness (QED) is 0.867. The molecule has 0 heterocycles. The molecular weight excluding hydrogens is 242 g/mol. The molecule has 1 aromatic carbocycles. The minimum atomic E-state index is 0.272. The number of halogens is 1. The van der Waals surface area contributed by atoms with Gasteiger partial charge in [0.2, 0.25) is 0 Å². The summed E-state index contributed by atoms with van der Waals surface area (Å²) in [5, 5.41) is 0.810. The van der Waals surface area contributed by atoms with Crippen LogP contribution in [-0.4, -0.2) is 6.04 Å². The van der Waals surface area contributed by atoms with Crippen molar-refractivity contribution >= 4 is 11.6 Å². The Morgan fingerprint density at radius 1 is 1.22 bits per heavy atom. The smallest absolute Gasteiger partial charge is 0.0408 e. The Hall–Kier alpha value is -0.530. The Kier molecular flexibility index (Phi) is 4.69. The molecule has 0 aliphatic heterocycles. The van der Waals surface area contributed by atoms with E-state index in [1.165, 1.54) is 24.8 Å². The molecule has 1 saturated carbocycles. The number of hydrogen-bond acceptors (Lipinski definition) is 1. The van der Waals surface area contributed by atoms with Crippen molar-refractivity contribution in [3.63, 3.8) is 0 Å². The van der Waals surface area contributed by atoms with Crippen LogP contribution in [0, 0.1) is 17.8 Å². The Balaban J connectivity index is 1.97. The minimum absolute atomic E-state index is 0.272. The maximum Gasteiger partial charge on any atom is 0.0408 e. The topological polar surface area (TPSA) is 26.0 Å². The van der Waals surface area contributed by atoms with E-state index in [0.717, 1.165) is 23.3 Å². The molecular formula is C16H24ClN. The fraction of sp³-hybridized carbons (Fsp3) is 0.625. The Morgan fingerprint density at radius 2 is 1.89 bits per heavy atom. The third kappa shape index (κ3) is 3.73.